The number of fused-ring (bicyclic) bond motifs is 1. The van der Waals surface area contributed by atoms with Crippen LogP contribution >= 0.6 is 0 Å². The smallest absolute Gasteiger partial charge is 0.423 e. The predicted molar refractivity (Wildman–Crippen MR) is 142 cm³/mol. The van der Waals surface area contributed by atoms with Gasteiger partial charge in [0.1, 0.15) is 18.9 Å². The van der Waals surface area contributed by atoms with Gasteiger partial charge in [-0.05, 0) is 80.1 Å². The molecule has 9 heteroatoms. The van der Waals surface area contributed by atoms with E-state index in [1.807, 2.05) is 0 Å². The fraction of sp³-hybridized carbons (Fsp3) is 0.742. The highest BCUT2D eigenvalue weighted by molar-refractivity contribution is 5.67. The molecule has 0 bridgehead atoms. The van der Waals surface area contributed by atoms with Gasteiger partial charge in [-0.25, -0.2) is 4.39 Å². The van der Waals surface area contributed by atoms with Gasteiger partial charge in [0.25, 0.3) is 0 Å². The second kappa shape index (κ2) is 11.6. The highest BCUT2D eigenvalue weighted by atomic mass is 19.4. The lowest BCUT2D eigenvalue weighted by atomic mass is 9.59. The molecule has 0 amide bonds. The Hall–Kier alpha value is -2.16. The van der Waals surface area contributed by atoms with E-state index in [9.17, 15) is 32.3 Å². The van der Waals surface area contributed by atoms with Crippen LogP contribution in [0.3, 0.4) is 0 Å². The van der Waals surface area contributed by atoms with Crippen LogP contribution in [0.15, 0.2) is 35.5 Å². The van der Waals surface area contributed by atoms with Crippen LogP contribution in [0.2, 0.25) is 0 Å². The van der Waals surface area contributed by atoms with Crippen molar-refractivity contribution in [1.29, 1.82) is 0 Å². The first kappa shape index (κ1) is 30.8. The Balaban J connectivity index is 1.49. The van der Waals surface area contributed by atoms with Crippen LogP contribution in [0, 0.1) is 22.7 Å². The number of hydrogen-bond donors (Lipinski definition) is 1. The number of carbonyl (C=O) groups is 2. The molecular weight excluding hydrogens is 528 g/mol. The SMILES string of the molecule is CC(=O)OC1CC(=C/C=C2\CCC[C@@]3(C)C2CCC3C2(C/C=C/C(O)(CF)C(F)(F)F)CC2)C[C@@H](OC(C)=O)C1. The summed E-state index contributed by atoms with van der Waals surface area (Å²) in [5.74, 6) is 0.0112. The van der Waals surface area contributed by atoms with Gasteiger partial charge < -0.3 is 14.6 Å². The summed E-state index contributed by atoms with van der Waals surface area (Å²) in [6.07, 6.45) is 9.61. The number of alkyl halides is 4. The minimum absolute atomic E-state index is 0.0282. The summed E-state index contributed by atoms with van der Waals surface area (Å²) >= 11 is 0. The monoisotopic (exact) mass is 570 g/mol. The number of hydrogen-bond acceptors (Lipinski definition) is 5. The van der Waals surface area contributed by atoms with Gasteiger partial charge in [0.05, 0.1) is 0 Å². The van der Waals surface area contributed by atoms with Crippen LogP contribution in [-0.4, -0.2) is 47.7 Å². The molecule has 4 rings (SSSR count). The van der Waals surface area contributed by atoms with Gasteiger partial charge in [-0.2, -0.15) is 13.2 Å². The molecule has 5 nitrogen and oxygen atoms in total. The lowest BCUT2D eigenvalue weighted by Crippen LogP contribution is -2.45. The standard InChI is InChI=1S/C31H42F4O5/c1-20(36)39-24-16-22(17-25(18-24)40-21(2)37)7-8-23-6-4-11-28(3)26(23)9-10-27(28)29(14-15-29)12-5-13-30(38,19-32)31(33,34)35/h5,7-8,13,24-27,38H,4,6,9-12,14-19H2,1-3H3/b13-5+,22-7?,23-8+/t24-,25?,26?,27?,28+,30?/m1/s1. The second-order valence-electron chi connectivity index (χ2n) is 12.7. The van der Waals surface area contributed by atoms with Crippen molar-refractivity contribution in [3.8, 4) is 0 Å². The van der Waals surface area contributed by atoms with E-state index >= 15 is 0 Å². The fourth-order valence-corrected chi connectivity index (χ4v) is 7.94. The Bertz CT molecular complexity index is 1030. The lowest BCUT2D eigenvalue weighted by molar-refractivity contribution is -0.243. The highest BCUT2D eigenvalue weighted by Crippen LogP contribution is 2.69. The van der Waals surface area contributed by atoms with Crippen LogP contribution in [-0.2, 0) is 19.1 Å². The number of esters is 2. The van der Waals surface area contributed by atoms with Crippen LogP contribution in [0.1, 0.15) is 91.4 Å². The molecular formula is C31H42F4O5. The number of carbonyl (C=O) groups excluding carboxylic acids is 2. The molecule has 0 spiro atoms. The van der Waals surface area contributed by atoms with Gasteiger partial charge in [-0.3, -0.25) is 9.59 Å². The molecule has 4 unspecified atom stereocenters. The third kappa shape index (κ3) is 6.50. The quantitative estimate of drug-likeness (QED) is 0.192. The molecule has 0 saturated heterocycles. The molecule has 0 radical (unpaired) electrons. The molecule has 40 heavy (non-hydrogen) atoms. The third-order valence-corrected chi connectivity index (χ3v) is 9.91. The Morgan fingerprint density at radius 1 is 1.02 bits per heavy atom. The zero-order valence-electron chi connectivity index (χ0n) is 23.7. The first-order valence-electron chi connectivity index (χ1n) is 14.5. The number of halogens is 4. The van der Waals surface area contributed by atoms with Crippen molar-refractivity contribution in [1.82, 2.24) is 0 Å². The molecule has 4 aliphatic carbocycles. The first-order chi connectivity index (χ1) is 18.7. The number of ether oxygens (including phenoxy) is 2. The first-order valence-corrected chi connectivity index (χ1v) is 14.5. The molecule has 0 heterocycles. The molecule has 4 fully saturated rings. The number of aliphatic hydroxyl groups is 1. The summed E-state index contributed by atoms with van der Waals surface area (Å²) < 4.78 is 63.4. The molecule has 4 saturated carbocycles. The third-order valence-electron chi connectivity index (χ3n) is 9.91. The molecule has 0 aromatic heterocycles. The molecule has 0 aromatic rings. The van der Waals surface area contributed by atoms with Crippen LogP contribution in [0.25, 0.3) is 0 Å². The van der Waals surface area contributed by atoms with E-state index < -0.39 is 18.5 Å². The van der Waals surface area contributed by atoms with Crippen molar-refractivity contribution in [2.75, 3.05) is 6.67 Å². The summed E-state index contributed by atoms with van der Waals surface area (Å²) in [6.45, 7) is 3.18. The van der Waals surface area contributed by atoms with Crippen molar-refractivity contribution < 1.29 is 41.7 Å². The zero-order valence-corrected chi connectivity index (χ0v) is 23.7. The van der Waals surface area contributed by atoms with Crippen molar-refractivity contribution in [2.24, 2.45) is 22.7 Å². The number of allylic oxidation sites excluding steroid dienone is 4. The summed E-state index contributed by atoms with van der Waals surface area (Å²) in [5, 5.41) is 9.75. The Morgan fingerprint density at radius 2 is 1.65 bits per heavy atom. The van der Waals surface area contributed by atoms with Crippen LogP contribution in [0.4, 0.5) is 17.6 Å². The van der Waals surface area contributed by atoms with Crippen molar-refractivity contribution >= 4 is 11.9 Å². The maximum Gasteiger partial charge on any atom is 0.423 e. The molecule has 6 atom stereocenters. The summed E-state index contributed by atoms with van der Waals surface area (Å²) in [7, 11) is 0. The van der Waals surface area contributed by atoms with E-state index in [1.54, 1.807) is 0 Å². The van der Waals surface area contributed by atoms with E-state index in [-0.39, 0.29) is 35.0 Å². The predicted octanol–water partition coefficient (Wildman–Crippen LogP) is 7.09. The maximum absolute atomic E-state index is 13.1. The Labute approximate surface area is 234 Å². The minimum atomic E-state index is -5.05. The average Bonchev–Trinajstić information content (AvgIpc) is 3.53. The van der Waals surface area contributed by atoms with Crippen molar-refractivity contribution in [2.45, 2.75) is 115 Å². The van der Waals surface area contributed by atoms with Gasteiger partial charge in [-0.1, -0.05) is 36.3 Å². The molecule has 224 valence electrons. The van der Waals surface area contributed by atoms with Gasteiger partial charge >= 0.3 is 18.1 Å². The average molecular weight is 571 g/mol. The normalized spacial score (nSPS) is 35.4. The summed E-state index contributed by atoms with van der Waals surface area (Å²) in [6, 6.07) is 0. The Kier molecular flexibility index (Phi) is 8.94. The van der Waals surface area contributed by atoms with Crippen LogP contribution < -0.4 is 0 Å². The van der Waals surface area contributed by atoms with Crippen LogP contribution in [0.5, 0.6) is 0 Å². The second-order valence-corrected chi connectivity index (χ2v) is 12.7. The van der Waals surface area contributed by atoms with Gasteiger partial charge in [0, 0.05) is 33.1 Å². The Morgan fingerprint density at radius 3 is 2.17 bits per heavy atom. The number of rotatable bonds is 8. The van der Waals surface area contributed by atoms with E-state index in [0.29, 0.717) is 43.6 Å². The van der Waals surface area contributed by atoms with Gasteiger partial charge in [0.15, 0.2) is 0 Å². The topological polar surface area (TPSA) is 72.8 Å². The van der Waals surface area contributed by atoms with E-state index in [1.165, 1.54) is 25.5 Å². The van der Waals surface area contributed by atoms with Gasteiger partial charge in [0.2, 0.25) is 5.60 Å². The van der Waals surface area contributed by atoms with Gasteiger partial charge in [-0.15, -0.1) is 0 Å². The minimum Gasteiger partial charge on any atom is -0.462 e. The van der Waals surface area contributed by atoms with E-state index in [2.05, 4.69) is 19.1 Å². The summed E-state index contributed by atoms with van der Waals surface area (Å²) in [5.41, 5.74) is -1.05. The van der Waals surface area contributed by atoms with Crippen molar-refractivity contribution in [3.63, 3.8) is 0 Å². The highest BCUT2D eigenvalue weighted by Gasteiger charge is 2.60. The zero-order chi connectivity index (χ0) is 29.3. The van der Waals surface area contributed by atoms with Crippen molar-refractivity contribution in [3.05, 3.63) is 35.5 Å². The molecule has 0 aliphatic heterocycles. The lowest BCUT2D eigenvalue weighted by Gasteiger charge is -2.45. The van der Waals surface area contributed by atoms with E-state index in [4.69, 9.17) is 9.47 Å². The molecule has 4 aliphatic rings. The largest absolute Gasteiger partial charge is 0.462 e. The summed E-state index contributed by atoms with van der Waals surface area (Å²) in [4.78, 5) is 23.1. The maximum atomic E-state index is 13.1. The fourth-order valence-electron chi connectivity index (χ4n) is 7.94. The van der Waals surface area contributed by atoms with E-state index in [0.717, 1.165) is 50.5 Å². The molecule has 0 aromatic carbocycles. The molecule has 1 N–H and O–H groups in total.